The van der Waals surface area contributed by atoms with Crippen molar-refractivity contribution in [3.8, 4) is 0 Å². The topological polar surface area (TPSA) is 59.7 Å². The third-order valence-corrected chi connectivity index (χ3v) is 4.01. The fourth-order valence-electron chi connectivity index (χ4n) is 2.59. The number of aryl methyl sites for hydroxylation is 1. The largest absolute Gasteiger partial charge is 0.459 e. The number of aromatic nitrogens is 2. The molecule has 6 heteroatoms. The SMILES string of the molecule is CC1=NN(c2ccc(C(=O)O[C@@H](C)CCn3cccn3)cc2)CC1. The Bertz CT molecular complexity index is 707. The van der Waals surface area contributed by atoms with Gasteiger partial charge in [-0.05, 0) is 44.2 Å². The molecule has 126 valence electrons. The van der Waals surface area contributed by atoms with Crippen LogP contribution in [0.5, 0.6) is 0 Å². The van der Waals surface area contributed by atoms with E-state index in [0.717, 1.165) is 37.3 Å². The highest BCUT2D eigenvalue weighted by Crippen LogP contribution is 2.20. The lowest BCUT2D eigenvalue weighted by Gasteiger charge is -2.15. The van der Waals surface area contributed by atoms with Crippen molar-refractivity contribution in [1.82, 2.24) is 9.78 Å². The molecule has 0 saturated heterocycles. The molecule has 1 aromatic carbocycles. The maximum absolute atomic E-state index is 12.2. The second-order valence-electron chi connectivity index (χ2n) is 6.03. The Kier molecular flexibility index (Phi) is 4.93. The van der Waals surface area contributed by atoms with Crippen molar-refractivity contribution in [2.45, 2.75) is 39.3 Å². The van der Waals surface area contributed by atoms with Crippen molar-refractivity contribution >= 4 is 17.4 Å². The van der Waals surface area contributed by atoms with Crippen molar-refractivity contribution in [1.29, 1.82) is 0 Å². The number of ether oxygens (including phenoxy) is 1. The molecule has 24 heavy (non-hydrogen) atoms. The zero-order valence-electron chi connectivity index (χ0n) is 14.1. The molecule has 0 aliphatic carbocycles. The molecule has 3 rings (SSSR count). The number of nitrogens with zero attached hydrogens (tertiary/aromatic N) is 4. The lowest BCUT2D eigenvalue weighted by atomic mass is 10.2. The minimum atomic E-state index is -0.296. The second-order valence-corrected chi connectivity index (χ2v) is 6.03. The van der Waals surface area contributed by atoms with Crippen molar-refractivity contribution in [2.75, 3.05) is 11.6 Å². The van der Waals surface area contributed by atoms with Gasteiger partial charge in [-0.15, -0.1) is 0 Å². The number of esters is 1. The highest BCUT2D eigenvalue weighted by Gasteiger charge is 2.15. The number of benzene rings is 1. The maximum Gasteiger partial charge on any atom is 0.338 e. The molecule has 0 spiro atoms. The molecule has 2 heterocycles. The van der Waals surface area contributed by atoms with E-state index in [9.17, 15) is 4.79 Å². The number of hydrogen-bond donors (Lipinski definition) is 0. The standard InChI is InChI=1S/C18H22N4O2/c1-14-8-13-22(20-14)17-6-4-16(5-7-17)18(23)24-15(2)9-12-21-11-3-10-19-21/h3-7,10-11,15H,8-9,12-13H2,1-2H3/t15-/m0/s1. The van der Waals surface area contributed by atoms with Crippen LogP contribution in [0.3, 0.4) is 0 Å². The predicted octanol–water partition coefficient (Wildman–Crippen LogP) is 3.10. The van der Waals surface area contributed by atoms with Crippen molar-refractivity contribution in [3.63, 3.8) is 0 Å². The van der Waals surface area contributed by atoms with E-state index in [1.54, 1.807) is 18.3 Å². The molecule has 6 nitrogen and oxygen atoms in total. The third-order valence-electron chi connectivity index (χ3n) is 4.01. The zero-order valence-corrected chi connectivity index (χ0v) is 14.1. The molecule has 0 amide bonds. The van der Waals surface area contributed by atoms with E-state index in [1.165, 1.54) is 0 Å². The van der Waals surface area contributed by atoms with E-state index in [1.807, 2.05) is 47.9 Å². The molecule has 1 aliphatic rings. The fourth-order valence-corrected chi connectivity index (χ4v) is 2.59. The van der Waals surface area contributed by atoms with Gasteiger partial charge in [-0.3, -0.25) is 9.69 Å². The van der Waals surface area contributed by atoms with Gasteiger partial charge in [0.25, 0.3) is 0 Å². The lowest BCUT2D eigenvalue weighted by Crippen LogP contribution is -2.17. The van der Waals surface area contributed by atoms with Crippen molar-refractivity contribution in [2.24, 2.45) is 5.10 Å². The minimum Gasteiger partial charge on any atom is -0.459 e. The molecule has 0 N–H and O–H groups in total. The van der Waals surface area contributed by atoms with Crippen LogP contribution in [-0.2, 0) is 11.3 Å². The van der Waals surface area contributed by atoms with Crippen LogP contribution in [0.25, 0.3) is 0 Å². The average Bonchev–Trinajstić information content (AvgIpc) is 3.24. The quantitative estimate of drug-likeness (QED) is 0.765. The van der Waals surface area contributed by atoms with Crippen molar-refractivity contribution < 1.29 is 9.53 Å². The summed E-state index contributed by atoms with van der Waals surface area (Å²) < 4.78 is 7.33. The molecular weight excluding hydrogens is 304 g/mol. The van der Waals surface area contributed by atoms with Crippen molar-refractivity contribution in [3.05, 3.63) is 48.3 Å². The van der Waals surface area contributed by atoms with Gasteiger partial charge in [-0.2, -0.15) is 10.2 Å². The number of rotatable bonds is 6. The second kappa shape index (κ2) is 7.29. The number of carbonyl (C=O) groups is 1. The molecule has 0 bridgehead atoms. The van der Waals surface area contributed by atoms with Crippen LogP contribution in [0.4, 0.5) is 5.69 Å². The van der Waals surface area contributed by atoms with Gasteiger partial charge >= 0.3 is 5.97 Å². The monoisotopic (exact) mass is 326 g/mol. The molecule has 1 aliphatic heterocycles. The first-order chi connectivity index (χ1) is 11.6. The molecule has 0 fully saturated rings. The summed E-state index contributed by atoms with van der Waals surface area (Å²) in [5.74, 6) is -0.296. The van der Waals surface area contributed by atoms with E-state index in [0.29, 0.717) is 5.56 Å². The summed E-state index contributed by atoms with van der Waals surface area (Å²) in [6, 6.07) is 9.28. The van der Waals surface area contributed by atoms with Crippen LogP contribution in [0.1, 0.15) is 37.0 Å². The van der Waals surface area contributed by atoms with Gasteiger partial charge in [0.05, 0.1) is 11.3 Å². The van der Waals surface area contributed by atoms with Gasteiger partial charge in [0.15, 0.2) is 0 Å². The van der Waals surface area contributed by atoms with Gasteiger partial charge in [0.1, 0.15) is 6.10 Å². The summed E-state index contributed by atoms with van der Waals surface area (Å²) in [7, 11) is 0. The summed E-state index contributed by atoms with van der Waals surface area (Å²) in [5, 5.41) is 10.6. The summed E-state index contributed by atoms with van der Waals surface area (Å²) in [4.78, 5) is 12.2. The van der Waals surface area contributed by atoms with Gasteiger partial charge in [-0.25, -0.2) is 4.79 Å². The first-order valence-corrected chi connectivity index (χ1v) is 8.22. The first-order valence-electron chi connectivity index (χ1n) is 8.22. The zero-order chi connectivity index (χ0) is 16.9. The van der Waals surface area contributed by atoms with Crippen LogP contribution in [0, 0.1) is 0 Å². The first kappa shape index (κ1) is 16.2. The maximum atomic E-state index is 12.2. The van der Waals surface area contributed by atoms with Gasteiger partial charge < -0.3 is 4.74 Å². The highest BCUT2D eigenvalue weighted by atomic mass is 16.5. The smallest absolute Gasteiger partial charge is 0.338 e. The molecule has 0 unspecified atom stereocenters. The molecule has 1 aromatic heterocycles. The van der Waals surface area contributed by atoms with E-state index < -0.39 is 0 Å². The Morgan fingerprint density at radius 1 is 1.33 bits per heavy atom. The van der Waals surface area contributed by atoms with Crippen LogP contribution < -0.4 is 5.01 Å². The normalized spacial score (nSPS) is 15.2. The Morgan fingerprint density at radius 3 is 2.75 bits per heavy atom. The van der Waals surface area contributed by atoms with E-state index in [-0.39, 0.29) is 12.1 Å². The van der Waals surface area contributed by atoms with Gasteiger partial charge in [0.2, 0.25) is 0 Å². The number of hydrazone groups is 1. The van der Waals surface area contributed by atoms with E-state index in [2.05, 4.69) is 10.2 Å². The van der Waals surface area contributed by atoms with Crippen LogP contribution in [-0.4, -0.2) is 34.1 Å². The molecule has 1 atom stereocenters. The average molecular weight is 326 g/mol. The van der Waals surface area contributed by atoms with Gasteiger partial charge in [-0.1, -0.05) is 0 Å². The molecule has 2 aromatic rings. The molecule has 0 saturated carbocycles. The Hall–Kier alpha value is -2.63. The Balaban J connectivity index is 1.53. The fraction of sp³-hybridized carbons (Fsp3) is 0.389. The Morgan fingerprint density at radius 2 is 2.12 bits per heavy atom. The van der Waals surface area contributed by atoms with Crippen LogP contribution in [0.2, 0.25) is 0 Å². The van der Waals surface area contributed by atoms with Crippen LogP contribution in [0.15, 0.2) is 47.8 Å². The van der Waals surface area contributed by atoms with E-state index in [4.69, 9.17) is 4.74 Å². The molecule has 0 radical (unpaired) electrons. The number of hydrogen-bond acceptors (Lipinski definition) is 5. The summed E-state index contributed by atoms with van der Waals surface area (Å²) in [6.45, 7) is 5.54. The lowest BCUT2D eigenvalue weighted by molar-refractivity contribution is 0.0314. The van der Waals surface area contributed by atoms with Gasteiger partial charge in [0, 0.05) is 44.0 Å². The molecular formula is C18H22N4O2. The predicted molar refractivity (Wildman–Crippen MR) is 93.2 cm³/mol. The number of carbonyl (C=O) groups excluding carboxylic acids is 1. The van der Waals surface area contributed by atoms with E-state index >= 15 is 0 Å². The number of anilines is 1. The highest BCUT2D eigenvalue weighted by molar-refractivity contribution is 5.90. The summed E-state index contributed by atoms with van der Waals surface area (Å²) >= 11 is 0. The van der Waals surface area contributed by atoms with Crippen LogP contribution >= 0.6 is 0 Å². The summed E-state index contributed by atoms with van der Waals surface area (Å²) in [5.41, 5.74) is 2.68. The minimum absolute atomic E-state index is 0.160. The Labute approximate surface area is 141 Å². The third kappa shape index (κ3) is 4.01. The summed E-state index contributed by atoms with van der Waals surface area (Å²) in [6.07, 6.45) is 5.19.